The molecule has 0 saturated heterocycles. The molecular weight excluding hydrogens is 374 g/mol. The van der Waals surface area contributed by atoms with Gasteiger partial charge in [-0.1, -0.05) is 60.7 Å². The lowest BCUT2D eigenvalue weighted by Gasteiger charge is -2.18. The number of hydrogen-bond acceptors (Lipinski definition) is 2. The van der Waals surface area contributed by atoms with Crippen LogP contribution < -0.4 is 10.6 Å². The number of anilines is 1. The van der Waals surface area contributed by atoms with Crippen LogP contribution in [0.3, 0.4) is 0 Å². The van der Waals surface area contributed by atoms with Crippen molar-refractivity contribution in [3.8, 4) is 0 Å². The molecule has 0 aliphatic carbocycles. The van der Waals surface area contributed by atoms with E-state index < -0.39 is 23.4 Å². The molecule has 4 nitrogen and oxygen atoms in total. The normalized spacial score (nSPS) is 10.6. The molecule has 3 aromatic rings. The van der Waals surface area contributed by atoms with Crippen molar-refractivity contribution in [2.24, 2.45) is 0 Å². The van der Waals surface area contributed by atoms with Crippen LogP contribution in [0.25, 0.3) is 0 Å². The summed E-state index contributed by atoms with van der Waals surface area (Å²) >= 11 is 0. The fraction of sp³-hybridized carbons (Fsp3) is 0.130. The molecule has 3 rings (SSSR count). The van der Waals surface area contributed by atoms with Gasteiger partial charge in [-0.05, 0) is 29.7 Å². The second-order valence-electron chi connectivity index (χ2n) is 6.50. The first kappa shape index (κ1) is 20.2. The molecular formula is C23H20F2N2O2. The Kier molecular flexibility index (Phi) is 6.68. The van der Waals surface area contributed by atoms with E-state index in [-0.39, 0.29) is 18.2 Å². The fourth-order valence-corrected chi connectivity index (χ4v) is 3.07. The quantitative estimate of drug-likeness (QED) is 0.615. The molecule has 0 aliphatic heterocycles. The van der Waals surface area contributed by atoms with Crippen LogP contribution in [0.5, 0.6) is 0 Å². The van der Waals surface area contributed by atoms with Crippen LogP contribution >= 0.6 is 0 Å². The van der Waals surface area contributed by atoms with Crippen molar-refractivity contribution in [2.45, 2.75) is 12.3 Å². The van der Waals surface area contributed by atoms with Gasteiger partial charge in [0.1, 0.15) is 0 Å². The van der Waals surface area contributed by atoms with Crippen LogP contribution in [0, 0.1) is 11.6 Å². The third kappa shape index (κ3) is 5.48. The highest BCUT2D eigenvalue weighted by molar-refractivity contribution is 6.39. The molecule has 0 radical (unpaired) electrons. The Bertz CT molecular complexity index is 939. The van der Waals surface area contributed by atoms with E-state index in [1.165, 1.54) is 6.07 Å². The molecule has 2 amide bonds. The van der Waals surface area contributed by atoms with Crippen molar-refractivity contribution in [2.75, 3.05) is 11.9 Å². The maximum absolute atomic E-state index is 13.2. The molecule has 148 valence electrons. The Labute approximate surface area is 167 Å². The Morgan fingerprint density at radius 3 is 1.90 bits per heavy atom. The third-order valence-electron chi connectivity index (χ3n) is 4.51. The van der Waals surface area contributed by atoms with E-state index in [0.717, 1.165) is 23.3 Å². The van der Waals surface area contributed by atoms with E-state index >= 15 is 0 Å². The highest BCUT2D eigenvalue weighted by Crippen LogP contribution is 2.27. The first-order valence-electron chi connectivity index (χ1n) is 9.18. The summed E-state index contributed by atoms with van der Waals surface area (Å²) in [4.78, 5) is 24.0. The molecule has 6 heteroatoms. The molecule has 0 heterocycles. The summed E-state index contributed by atoms with van der Waals surface area (Å²) in [7, 11) is 0. The zero-order chi connectivity index (χ0) is 20.6. The van der Waals surface area contributed by atoms with E-state index in [1.807, 2.05) is 60.7 Å². The number of rotatable bonds is 6. The van der Waals surface area contributed by atoms with Gasteiger partial charge in [-0.15, -0.1) is 0 Å². The van der Waals surface area contributed by atoms with Crippen molar-refractivity contribution < 1.29 is 18.4 Å². The third-order valence-corrected chi connectivity index (χ3v) is 4.51. The zero-order valence-corrected chi connectivity index (χ0v) is 15.6. The Morgan fingerprint density at radius 1 is 0.759 bits per heavy atom. The van der Waals surface area contributed by atoms with Gasteiger partial charge < -0.3 is 10.6 Å². The summed E-state index contributed by atoms with van der Waals surface area (Å²) < 4.78 is 26.2. The minimum Gasteiger partial charge on any atom is -0.348 e. The molecule has 0 atom stereocenters. The lowest BCUT2D eigenvalue weighted by atomic mass is 9.88. The number of benzene rings is 3. The predicted molar refractivity (Wildman–Crippen MR) is 107 cm³/mol. The fourth-order valence-electron chi connectivity index (χ4n) is 3.07. The summed E-state index contributed by atoms with van der Waals surface area (Å²) in [6.07, 6.45) is 0.595. The summed E-state index contributed by atoms with van der Waals surface area (Å²) in [5.74, 6) is -3.84. The number of nitrogens with one attached hydrogen (secondary N) is 2. The monoisotopic (exact) mass is 394 g/mol. The predicted octanol–water partition coefficient (Wildman–Crippen LogP) is 4.24. The average Bonchev–Trinajstić information content (AvgIpc) is 2.75. The van der Waals surface area contributed by atoms with E-state index in [2.05, 4.69) is 10.6 Å². The SMILES string of the molecule is O=C(NCCC(c1ccccc1)c1ccccc1)C(=O)Nc1ccc(F)c(F)c1. The first-order chi connectivity index (χ1) is 14.0. The van der Waals surface area contributed by atoms with Gasteiger partial charge in [0.05, 0.1) is 0 Å². The Morgan fingerprint density at radius 2 is 1.34 bits per heavy atom. The molecule has 0 fully saturated rings. The second-order valence-corrected chi connectivity index (χ2v) is 6.50. The van der Waals surface area contributed by atoms with Crippen LogP contribution in [0.4, 0.5) is 14.5 Å². The van der Waals surface area contributed by atoms with Crippen molar-refractivity contribution in [1.29, 1.82) is 0 Å². The molecule has 0 spiro atoms. The summed E-state index contributed by atoms with van der Waals surface area (Å²) in [5, 5.41) is 4.83. The zero-order valence-electron chi connectivity index (χ0n) is 15.6. The molecule has 0 aromatic heterocycles. The molecule has 2 N–H and O–H groups in total. The number of amides is 2. The lowest BCUT2D eigenvalue weighted by molar-refractivity contribution is -0.136. The highest BCUT2D eigenvalue weighted by Gasteiger charge is 2.17. The molecule has 0 unspecified atom stereocenters. The smallest absolute Gasteiger partial charge is 0.313 e. The molecule has 0 bridgehead atoms. The summed E-state index contributed by atoms with van der Waals surface area (Å²) in [6, 6.07) is 22.7. The molecule has 0 aliphatic rings. The number of carbonyl (C=O) groups is 2. The van der Waals surface area contributed by atoms with Gasteiger partial charge in [0.25, 0.3) is 0 Å². The van der Waals surface area contributed by atoms with Gasteiger partial charge in [0.2, 0.25) is 0 Å². The van der Waals surface area contributed by atoms with Gasteiger partial charge in [-0.3, -0.25) is 9.59 Å². The molecule has 0 saturated carbocycles. The van der Waals surface area contributed by atoms with Crippen LogP contribution in [0.15, 0.2) is 78.9 Å². The summed E-state index contributed by atoms with van der Waals surface area (Å²) in [5.41, 5.74) is 2.23. The second kappa shape index (κ2) is 9.59. The largest absolute Gasteiger partial charge is 0.348 e. The van der Waals surface area contributed by atoms with Gasteiger partial charge >= 0.3 is 11.8 Å². The summed E-state index contributed by atoms with van der Waals surface area (Å²) in [6.45, 7) is 0.276. The maximum Gasteiger partial charge on any atom is 0.313 e. The van der Waals surface area contributed by atoms with E-state index in [9.17, 15) is 18.4 Å². The van der Waals surface area contributed by atoms with Crippen LogP contribution in [-0.2, 0) is 9.59 Å². The van der Waals surface area contributed by atoms with Crippen LogP contribution in [0.1, 0.15) is 23.5 Å². The van der Waals surface area contributed by atoms with Crippen molar-refractivity contribution in [3.63, 3.8) is 0 Å². The number of halogens is 2. The van der Waals surface area contributed by atoms with Crippen molar-refractivity contribution >= 4 is 17.5 Å². The number of carbonyl (C=O) groups excluding carboxylic acids is 2. The van der Waals surface area contributed by atoms with E-state index in [4.69, 9.17) is 0 Å². The van der Waals surface area contributed by atoms with Gasteiger partial charge in [-0.2, -0.15) is 0 Å². The molecule has 3 aromatic carbocycles. The lowest BCUT2D eigenvalue weighted by Crippen LogP contribution is -2.36. The van der Waals surface area contributed by atoms with Gasteiger partial charge in [-0.25, -0.2) is 8.78 Å². The first-order valence-corrected chi connectivity index (χ1v) is 9.18. The van der Waals surface area contributed by atoms with Gasteiger partial charge in [0.15, 0.2) is 11.6 Å². The molecule has 29 heavy (non-hydrogen) atoms. The number of hydrogen-bond donors (Lipinski definition) is 2. The Balaban J connectivity index is 1.59. The van der Waals surface area contributed by atoms with Gasteiger partial charge in [0, 0.05) is 24.2 Å². The minimum absolute atomic E-state index is 0.00972. The van der Waals surface area contributed by atoms with Crippen molar-refractivity contribution in [3.05, 3.63) is 102 Å². The van der Waals surface area contributed by atoms with E-state index in [1.54, 1.807) is 0 Å². The average molecular weight is 394 g/mol. The Hall–Kier alpha value is -3.54. The van der Waals surface area contributed by atoms with Crippen molar-refractivity contribution in [1.82, 2.24) is 5.32 Å². The van der Waals surface area contributed by atoms with Crippen LogP contribution in [-0.4, -0.2) is 18.4 Å². The minimum atomic E-state index is -1.10. The van der Waals surface area contributed by atoms with Crippen LogP contribution in [0.2, 0.25) is 0 Å². The standard InChI is InChI=1S/C23H20F2N2O2/c24-20-12-11-18(15-21(20)25)27-23(29)22(28)26-14-13-19(16-7-3-1-4-8-16)17-9-5-2-6-10-17/h1-12,15,19H,13-14H2,(H,26,28)(H,27,29). The highest BCUT2D eigenvalue weighted by atomic mass is 19.2. The maximum atomic E-state index is 13.2. The topological polar surface area (TPSA) is 58.2 Å². The van der Waals surface area contributed by atoms with E-state index in [0.29, 0.717) is 6.42 Å².